The van der Waals surface area contributed by atoms with Crippen LogP contribution in [-0.4, -0.2) is 76.4 Å². The minimum Gasteiger partial charge on any atom is -0.444 e. The molecule has 3 N–H and O–H groups in total. The molecule has 0 aromatic heterocycles. The maximum Gasteiger partial charge on any atom is 0.407 e. The van der Waals surface area contributed by atoms with Crippen molar-refractivity contribution in [3.05, 3.63) is 0 Å². The zero-order chi connectivity index (χ0) is 20.4. The summed E-state index contributed by atoms with van der Waals surface area (Å²) < 4.78 is 5.13. The molecule has 11 nitrogen and oxygen atoms in total. The van der Waals surface area contributed by atoms with Gasteiger partial charge in [0, 0.05) is 0 Å². The van der Waals surface area contributed by atoms with Gasteiger partial charge < -0.3 is 15.0 Å². The summed E-state index contributed by atoms with van der Waals surface area (Å²) in [6.07, 6.45) is 0.0308. The standard InChI is InChI=1S/C16H27N5O6/c1-10(18-13(23)27-15(2,3)4)8-26-19-12(22)11-6-7-16(17-5)9-20(11)14(24)21(16)25/h10-11,25H,5-9H2,1-4H3,(H,18,23)(H,19,22). The van der Waals surface area contributed by atoms with Crippen LogP contribution < -0.4 is 10.8 Å². The first-order chi connectivity index (χ1) is 12.5. The molecule has 3 atom stereocenters. The van der Waals surface area contributed by atoms with Crippen molar-refractivity contribution in [3.63, 3.8) is 0 Å². The van der Waals surface area contributed by atoms with Crippen molar-refractivity contribution >= 4 is 24.7 Å². The summed E-state index contributed by atoms with van der Waals surface area (Å²) in [7, 11) is 0. The Hall–Kier alpha value is -2.40. The summed E-state index contributed by atoms with van der Waals surface area (Å²) in [5.41, 5.74) is 0.573. The van der Waals surface area contributed by atoms with Gasteiger partial charge in [-0.1, -0.05) is 0 Å². The van der Waals surface area contributed by atoms with Crippen LogP contribution in [0, 0.1) is 0 Å². The second-order valence-corrected chi connectivity index (χ2v) is 7.74. The van der Waals surface area contributed by atoms with Crippen molar-refractivity contribution in [3.8, 4) is 0 Å². The van der Waals surface area contributed by atoms with Gasteiger partial charge in [-0.05, 0) is 47.3 Å². The van der Waals surface area contributed by atoms with Gasteiger partial charge in [0.25, 0.3) is 5.91 Å². The largest absolute Gasteiger partial charge is 0.444 e. The predicted molar refractivity (Wildman–Crippen MR) is 94.0 cm³/mol. The molecule has 0 saturated carbocycles. The van der Waals surface area contributed by atoms with E-state index in [-0.39, 0.29) is 13.2 Å². The molecule has 11 heteroatoms. The lowest BCUT2D eigenvalue weighted by atomic mass is 9.95. The van der Waals surface area contributed by atoms with Gasteiger partial charge >= 0.3 is 12.1 Å². The molecule has 152 valence electrons. The summed E-state index contributed by atoms with van der Waals surface area (Å²) in [4.78, 5) is 46.3. The van der Waals surface area contributed by atoms with E-state index >= 15 is 0 Å². The van der Waals surface area contributed by atoms with E-state index in [1.807, 2.05) is 0 Å². The van der Waals surface area contributed by atoms with Gasteiger partial charge in [0.15, 0.2) is 5.66 Å². The number of rotatable bonds is 6. The summed E-state index contributed by atoms with van der Waals surface area (Å²) in [5.74, 6) is -0.513. The Morgan fingerprint density at radius 1 is 1.48 bits per heavy atom. The van der Waals surface area contributed by atoms with E-state index in [2.05, 4.69) is 22.5 Å². The smallest absolute Gasteiger partial charge is 0.407 e. The molecule has 2 aliphatic heterocycles. The minimum absolute atomic E-state index is 0.00985. The molecule has 27 heavy (non-hydrogen) atoms. The van der Waals surface area contributed by atoms with Crippen LogP contribution >= 0.6 is 0 Å². The average Bonchev–Trinajstić information content (AvgIpc) is 2.75. The monoisotopic (exact) mass is 385 g/mol. The molecule has 0 aromatic rings. The maximum atomic E-state index is 12.3. The lowest BCUT2D eigenvalue weighted by molar-refractivity contribution is -0.140. The highest BCUT2D eigenvalue weighted by molar-refractivity contribution is 5.88. The first kappa shape index (κ1) is 20.9. The number of hydroxylamine groups is 3. The van der Waals surface area contributed by atoms with Crippen LogP contribution in [-0.2, 0) is 14.4 Å². The number of amides is 4. The third-order valence-electron chi connectivity index (χ3n) is 4.31. The Morgan fingerprint density at radius 2 is 2.15 bits per heavy atom. The summed E-state index contributed by atoms with van der Waals surface area (Å²) >= 11 is 0. The van der Waals surface area contributed by atoms with Crippen LogP contribution in [0.1, 0.15) is 40.5 Å². The quantitative estimate of drug-likeness (QED) is 0.349. The molecule has 2 saturated heterocycles. The molecule has 3 unspecified atom stereocenters. The van der Waals surface area contributed by atoms with Crippen LogP contribution in [0.3, 0.4) is 0 Å². The highest BCUT2D eigenvalue weighted by Gasteiger charge is 2.56. The summed E-state index contributed by atoms with van der Waals surface area (Å²) in [6.45, 7) is 10.5. The van der Waals surface area contributed by atoms with Gasteiger partial charge in [-0.25, -0.2) is 15.1 Å². The molecule has 2 bridgehead atoms. The van der Waals surface area contributed by atoms with E-state index in [0.717, 1.165) is 0 Å². The minimum atomic E-state index is -1.10. The van der Waals surface area contributed by atoms with Crippen LogP contribution in [0.5, 0.6) is 0 Å². The Kier molecular flexibility index (Phi) is 5.95. The van der Waals surface area contributed by atoms with Gasteiger partial charge in [-0.15, -0.1) is 0 Å². The van der Waals surface area contributed by atoms with Crippen molar-refractivity contribution < 1.29 is 29.2 Å². The first-order valence-corrected chi connectivity index (χ1v) is 8.68. The number of hydrogen-bond acceptors (Lipinski definition) is 7. The SMILES string of the molecule is C=NC12CCC(C(=O)NOCC(C)NC(=O)OC(C)(C)C)N(C1)C(=O)N2O. The van der Waals surface area contributed by atoms with Crippen LogP contribution in [0.2, 0.25) is 0 Å². The number of fused-ring (bicyclic) bond motifs is 2. The number of nitrogens with zero attached hydrogens (tertiary/aromatic N) is 3. The maximum absolute atomic E-state index is 12.3. The van der Waals surface area contributed by atoms with Crippen molar-refractivity contribution in [2.75, 3.05) is 13.2 Å². The fourth-order valence-corrected chi connectivity index (χ4v) is 2.98. The fraction of sp³-hybridized carbons (Fsp3) is 0.750. The molecule has 4 amide bonds. The number of ether oxygens (including phenoxy) is 1. The highest BCUT2D eigenvalue weighted by atomic mass is 16.7. The Labute approximate surface area is 157 Å². The molecule has 0 aliphatic carbocycles. The number of carbonyl (C=O) groups excluding carboxylic acids is 3. The molecule has 2 heterocycles. The Morgan fingerprint density at radius 3 is 2.74 bits per heavy atom. The van der Waals surface area contributed by atoms with Gasteiger partial charge in [0.05, 0.1) is 19.2 Å². The molecule has 0 spiro atoms. The van der Waals surface area contributed by atoms with E-state index in [1.165, 1.54) is 4.90 Å². The lowest BCUT2D eigenvalue weighted by Crippen LogP contribution is -2.52. The van der Waals surface area contributed by atoms with Crippen LogP contribution in [0.25, 0.3) is 0 Å². The summed E-state index contributed by atoms with van der Waals surface area (Å²) in [5, 5.41) is 13.0. The average molecular weight is 385 g/mol. The Bertz CT molecular complexity index is 621. The predicted octanol–water partition coefficient (Wildman–Crippen LogP) is 0.634. The van der Waals surface area contributed by atoms with E-state index in [0.29, 0.717) is 17.9 Å². The fourth-order valence-electron chi connectivity index (χ4n) is 2.98. The van der Waals surface area contributed by atoms with Crippen LogP contribution in [0.15, 0.2) is 4.99 Å². The zero-order valence-electron chi connectivity index (χ0n) is 16.0. The number of alkyl carbamates (subject to hydrolysis) is 1. The molecular formula is C16H27N5O6. The zero-order valence-corrected chi connectivity index (χ0v) is 16.0. The van der Waals surface area contributed by atoms with Crippen molar-refractivity contribution in [2.24, 2.45) is 4.99 Å². The first-order valence-electron chi connectivity index (χ1n) is 8.68. The van der Waals surface area contributed by atoms with E-state index < -0.39 is 41.4 Å². The van der Waals surface area contributed by atoms with Gasteiger partial charge in [0.2, 0.25) is 0 Å². The number of aliphatic imine (C=N–C) groups is 1. The topological polar surface area (TPSA) is 133 Å². The summed E-state index contributed by atoms with van der Waals surface area (Å²) in [6, 6.07) is -1.89. The molecule has 2 aliphatic rings. The Balaban J connectivity index is 1.79. The van der Waals surface area contributed by atoms with E-state index in [1.54, 1.807) is 27.7 Å². The second kappa shape index (κ2) is 7.69. The number of hydrogen-bond donors (Lipinski definition) is 3. The number of piperidine rings is 1. The van der Waals surface area contributed by atoms with Gasteiger partial charge in [0.1, 0.15) is 11.6 Å². The number of carbonyl (C=O) groups is 3. The van der Waals surface area contributed by atoms with Crippen LogP contribution in [0.4, 0.5) is 9.59 Å². The highest BCUT2D eigenvalue weighted by Crippen LogP contribution is 2.37. The lowest BCUT2D eigenvalue weighted by Gasteiger charge is -2.34. The van der Waals surface area contributed by atoms with Crippen molar-refractivity contribution in [2.45, 2.75) is 63.9 Å². The van der Waals surface area contributed by atoms with E-state index in [9.17, 15) is 19.6 Å². The van der Waals surface area contributed by atoms with Gasteiger partial charge in [-0.2, -0.15) is 5.06 Å². The molecule has 0 radical (unpaired) electrons. The van der Waals surface area contributed by atoms with Crippen molar-refractivity contribution in [1.29, 1.82) is 0 Å². The second-order valence-electron chi connectivity index (χ2n) is 7.74. The number of nitrogens with one attached hydrogen (secondary N) is 2. The van der Waals surface area contributed by atoms with E-state index in [4.69, 9.17) is 9.57 Å². The van der Waals surface area contributed by atoms with Gasteiger partial charge in [-0.3, -0.25) is 19.8 Å². The van der Waals surface area contributed by atoms with Crippen molar-refractivity contribution in [1.82, 2.24) is 20.8 Å². The third-order valence-corrected chi connectivity index (χ3v) is 4.31. The number of urea groups is 1. The molecule has 2 fully saturated rings. The molecular weight excluding hydrogens is 358 g/mol. The normalized spacial score (nSPS) is 25.8. The molecule has 2 rings (SSSR count). The molecule has 0 aromatic carbocycles. The third kappa shape index (κ3) is 4.66.